The Kier molecular flexibility index (Phi) is 10.7. The minimum atomic E-state index is -1.10. The Morgan fingerprint density at radius 2 is 1.59 bits per heavy atom. The van der Waals surface area contributed by atoms with E-state index in [1.165, 1.54) is 39.5 Å². The van der Waals surface area contributed by atoms with Gasteiger partial charge < -0.3 is 14.6 Å². The quantitative estimate of drug-likeness (QED) is 0.199. The first-order valence-electron chi connectivity index (χ1n) is 10.1. The molecule has 0 atom stereocenters. The molecular weight excluding hydrogens is 372 g/mol. The van der Waals surface area contributed by atoms with Gasteiger partial charge in [-0.25, -0.2) is 4.79 Å². The summed E-state index contributed by atoms with van der Waals surface area (Å²) in [5.74, 6) is -1.29. The third-order valence-electron chi connectivity index (χ3n) is 4.90. The van der Waals surface area contributed by atoms with Crippen LogP contribution in [0.4, 0.5) is 0 Å². The number of carboxylic acid groups (broad SMARTS) is 1. The molecular formula is C23H32O6. The van der Waals surface area contributed by atoms with Crippen LogP contribution in [0.15, 0.2) is 17.7 Å². The number of aldehydes is 1. The van der Waals surface area contributed by atoms with Gasteiger partial charge in [0.15, 0.2) is 23.6 Å². The van der Waals surface area contributed by atoms with Crippen LogP contribution < -0.4 is 9.47 Å². The largest absolute Gasteiger partial charge is 0.492 e. The molecule has 29 heavy (non-hydrogen) atoms. The van der Waals surface area contributed by atoms with Crippen LogP contribution in [0.25, 0.3) is 0 Å². The Hall–Kier alpha value is -2.63. The normalized spacial score (nSPS) is 11.2. The lowest BCUT2D eigenvalue weighted by Gasteiger charge is -2.15. The lowest BCUT2D eigenvalue weighted by atomic mass is 9.98. The van der Waals surface area contributed by atoms with Crippen molar-refractivity contribution in [2.24, 2.45) is 0 Å². The number of hydrogen-bond acceptors (Lipinski definition) is 5. The number of aryl methyl sites for hydroxylation is 1. The van der Waals surface area contributed by atoms with Gasteiger partial charge in [-0.2, -0.15) is 0 Å². The molecule has 0 aliphatic carbocycles. The van der Waals surface area contributed by atoms with Crippen LogP contribution in [0.3, 0.4) is 0 Å². The van der Waals surface area contributed by atoms with Gasteiger partial charge in [0, 0.05) is 5.57 Å². The second-order valence-electron chi connectivity index (χ2n) is 7.05. The number of benzene rings is 1. The molecule has 1 rings (SSSR count). The van der Waals surface area contributed by atoms with E-state index in [-0.39, 0.29) is 22.6 Å². The highest BCUT2D eigenvalue weighted by atomic mass is 16.5. The number of unbranched alkanes of at least 4 members (excludes halogenated alkanes) is 6. The molecule has 0 amide bonds. The number of ketones is 1. The summed E-state index contributed by atoms with van der Waals surface area (Å²) < 4.78 is 10.5. The Morgan fingerprint density at radius 1 is 1.00 bits per heavy atom. The fourth-order valence-corrected chi connectivity index (χ4v) is 3.27. The molecule has 0 aliphatic heterocycles. The summed E-state index contributed by atoms with van der Waals surface area (Å²) in [6.45, 7) is 3.85. The van der Waals surface area contributed by atoms with E-state index in [0.29, 0.717) is 23.8 Å². The minimum absolute atomic E-state index is 0.0710. The number of aliphatic carboxylic acids is 1. The molecule has 0 heterocycles. The van der Waals surface area contributed by atoms with Gasteiger partial charge in [0.1, 0.15) is 0 Å². The molecule has 6 nitrogen and oxygen atoms in total. The van der Waals surface area contributed by atoms with Crippen molar-refractivity contribution >= 4 is 18.0 Å². The van der Waals surface area contributed by atoms with Crippen LogP contribution in [0.1, 0.15) is 84.6 Å². The van der Waals surface area contributed by atoms with Crippen LogP contribution in [-0.2, 0) is 4.79 Å². The van der Waals surface area contributed by atoms with Gasteiger partial charge in [0.2, 0.25) is 0 Å². The summed E-state index contributed by atoms with van der Waals surface area (Å²) in [5.41, 5.74) is 1.09. The maximum absolute atomic E-state index is 12.8. The van der Waals surface area contributed by atoms with Crippen LogP contribution in [0.5, 0.6) is 11.5 Å². The highest BCUT2D eigenvalue weighted by Gasteiger charge is 2.22. The molecule has 1 aromatic carbocycles. The van der Waals surface area contributed by atoms with Gasteiger partial charge in [0.25, 0.3) is 0 Å². The van der Waals surface area contributed by atoms with Gasteiger partial charge >= 0.3 is 5.97 Å². The zero-order valence-corrected chi connectivity index (χ0v) is 17.9. The lowest BCUT2D eigenvalue weighted by molar-refractivity contribution is -0.132. The van der Waals surface area contributed by atoms with E-state index in [1.54, 1.807) is 6.92 Å². The first-order valence-corrected chi connectivity index (χ1v) is 10.1. The number of allylic oxidation sites excluding steroid dienone is 1. The smallest absolute Gasteiger partial charge is 0.331 e. The molecule has 160 valence electrons. The summed E-state index contributed by atoms with van der Waals surface area (Å²) in [6, 6.07) is 1.52. The molecule has 1 aromatic rings. The first-order chi connectivity index (χ1) is 13.9. The summed E-state index contributed by atoms with van der Waals surface area (Å²) in [4.78, 5) is 35.7. The summed E-state index contributed by atoms with van der Waals surface area (Å²) in [5, 5.41) is 9.48. The van der Waals surface area contributed by atoms with E-state index in [1.807, 2.05) is 0 Å². The van der Waals surface area contributed by atoms with Crippen LogP contribution in [0, 0.1) is 6.92 Å². The third-order valence-corrected chi connectivity index (χ3v) is 4.90. The SMILES string of the molecule is CCCCCCCCC/C(=C\C(=O)c1cc(C)c(C=O)c(OC)c1OC)C(=O)O. The van der Waals surface area contributed by atoms with Gasteiger partial charge in [-0.3, -0.25) is 9.59 Å². The van der Waals surface area contributed by atoms with Gasteiger partial charge in [0.05, 0.1) is 25.3 Å². The highest BCUT2D eigenvalue weighted by molar-refractivity contribution is 6.11. The molecule has 0 spiro atoms. The topological polar surface area (TPSA) is 89.9 Å². The second-order valence-corrected chi connectivity index (χ2v) is 7.05. The van der Waals surface area contributed by atoms with E-state index in [4.69, 9.17) is 9.47 Å². The third kappa shape index (κ3) is 7.04. The van der Waals surface area contributed by atoms with E-state index >= 15 is 0 Å². The Labute approximate surface area is 172 Å². The number of rotatable bonds is 14. The Balaban J connectivity index is 2.99. The molecule has 0 radical (unpaired) electrons. The predicted molar refractivity (Wildman–Crippen MR) is 112 cm³/mol. The van der Waals surface area contributed by atoms with Crippen molar-refractivity contribution in [1.29, 1.82) is 0 Å². The van der Waals surface area contributed by atoms with Crippen molar-refractivity contribution in [3.8, 4) is 11.5 Å². The Bertz CT molecular complexity index is 748. The number of methoxy groups -OCH3 is 2. The van der Waals surface area contributed by atoms with Gasteiger partial charge in [-0.1, -0.05) is 45.4 Å². The van der Waals surface area contributed by atoms with E-state index in [0.717, 1.165) is 31.8 Å². The van der Waals surface area contributed by atoms with Crippen molar-refractivity contribution in [1.82, 2.24) is 0 Å². The van der Waals surface area contributed by atoms with Crippen molar-refractivity contribution < 1.29 is 29.0 Å². The molecule has 0 aliphatic rings. The molecule has 0 saturated carbocycles. The molecule has 0 fully saturated rings. The molecule has 0 bridgehead atoms. The average molecular weight is 405 g/mol. The molecule has 0 unspecified atom stereocenters. The second kappa shape index (κ2) is 12.8. The highest BCUT2D eigenvalue weighted by Crippen LogP contribution is 2.36. The summed E-state index contributed by atoms with van der Waals surface area (Å²) >= 11 is 0. The maximum atomic E-state index is 12.8. The standard InChI is InChI=1S/C23H32O6/c1-5-6-7-8-9-10-11-12-17(23(26)27)14-20(25)18-13-16(2)19(15-24)22(29-4)21(18)28-3/h13-15H,5-12H2,1-4H3,(H,26,27)/b17-14+. The summed E-state index contributed by atoms with van der Waals surface area (Å²) in [7, 11) is 2.76. The average Bonchev–Trinajstić information content (AvgIpc) is 2.70. The maximum Gasteiger partial charge on any atom is 0.331 e. The van der Waals surface area contributed by atoms with Crippen molar-refractivity contribution in [3.05, 3.63) is 34.4 Å². The number of carbonyl (C=O) groups excluding carboxylic acids is 2. The Morgan fingerprint density at radius 3 is 2.10 bits per heavy atom. The van der Waals surface area contributed by atoms with Crippen LogP contribution >= 0.6 is 0 Å². The molecule has 6 heteroatoms. The van der Waals surface area contributed by atoms with Crippen molar-refractivity contribution in [3.63, 3.8) is 0 Å². The molecule has 1 N–H and O–H groups in total. The monoisotopic (exact) mass is 404 g/mol. The fraction of sp³-hybridized carbons (Fsp3) is 0.522. The zero-order valence-electron chi connectivity index (χ0n) is 17.9. The molecule has 0 saturated heterocycles. The van der Waals surface area contributed by atoms with Crippen LogP contribution in [-0.4, -0.2) is 37.4 Å². The first kappa shape index (κ1) is 24.4. The zero-order chi connectivity index (χ0) is 21.8. The van der Waals surface area contributed by atoms with E-state index < -0.39 is 11.8 Å². The molecule has 0 aromatic heterocycles. The van der Waals surface area contributed by atoms with Crippen molar-refractivity contribution in [2.45, 2.75) is 65.2 Å². The predicted octanol–water partition coefficient (Wildman–Crippen LogP) is 5.16. The number of carboxylic acids is 1. The number of ether oxygens (including phenoxy) is 2. The number of carbonyl (C=O) groups is 3. The van der Waals surface area contributed by atoms with Crippen molar-refractivity contribution in [2.75, 3.05) is 14.2 Å². The summed E-state index contributed by atoms with van der Waals surface area (Å²) in [6.07, 6.45) is 9.62. The fourth-order valence-electron chi connectivity index (χ4n) is 3.27. The van der Waals surface area contributed by atoms with Gasteiger partial charge in [-0.05, 0) is 37.5 Å². The van der Waals surface area contributed by atoms with Gasteiger partial charge in [-0.15, -0.1) is 0 Å². The van der Waals surface area contributed by atoms with E-state index in [9.17, 15) is 19.5 Å². The number of hydrogen-bond donors (Lipinski definition) is 1. The lowest BCUT2D eigenvalue weighted by Crippen LogP contribution is -2.08. The van der Waals surface area contributed by atoms with Crippen LogP contribution in [0.2, 0.25) is 0 Å². The minimum Gasteiger partial charge on any atom is -0.492 e. The van der Waals surface area contributed by atoms with E-state index in [2.05, 4.69) is 6.92 Å².